The molecule has 3 rings (SSSR count). The van der Waals surface area contributed by atoms with E-state index in [1.54, 1.807) is 17.0 Å². The highest BCUT2D eigenvalue weighted by molar-refractivity contribution is 5.44. The maximum Gasteiger partial charge on any atom is 0.258 e. The van der Waals surface area contributed by atoms with Gasteiger partial charge in [0.25, 0.3) is 5.92 Å². The van der Waals surface area contributed by atoms with Gasteiger partial charge in [-0.25, -0.2) is 13.8 Å². The fraction of sp³-hybridized carbons (Fsp3) is 0.583. The van der Waals surface area contributed by atoms with Crippen molar-refractivity contribution in [2.75, 3.05) is 25.1 Å². The Morgan fingerprint density at radius 1 is 1.39 bits per heavy atom. The number of hydrogen-bond donors (Lipinski definition) is 0. The number of ether oxygens (including phenoxy) is 1. The average molecular weight is 258 g/mol. The fourth-order valence-electron chi connectivity index (χ4n) is 2.59. The highest BCUT2D eigenvalue weighted by atomic mass is 19.3. The molecule has 0 N–H and O–H groups in total. The van der Waals surface area contributed by atoms with Crippen molar-refractivity contribution in [1.29, 1.82) is 0 Å². The second-order valence-electron chi connectivity index (χ2n) is 4.84. The molecule has 0 radical (unpaired) electrons. The molecule has 1 aromatic heterocycles. The van der Waals surface area contributed by atoms with Gasteiger partial charge in [-0.3, -0.25) is 0 Å². The van der Waals surface area contributed by atoms with Crippen LogP contribution in [0.25, 0.3) is 0 Å². The standard InChI is InChI=1S/C12H13F3N2O/c1-18-6-7-2-3-10(16-11(7)13)17-4-8-9(5-17)12(8,14)15/h2-3,8-9H,4-6H2,1H3. The second-order valence-corrected chi connectivity index (χ2v) is 4.84. The van der Waals surface area contributed by atoms with Crippen LogP contribution >= 0.6 is 0 Å². The monoisotopic (exact) mass is 258 g/mol. The van der Waals surface area contributed by atoms with E-state index in [0.29, 0.717) is 11.4 Å². The number of anilines is 1. The summed E-state index contributed by atoms with van der Waals surface area (Å²) in [5.74, 6) is -3.86. The average Bonchev–Trinajstić information content (AvgIpc) is 2.73. The van der Waals surface area contributed by atoms with Gasteiger partial charge in [0.15, 0.2) is 0 Å². The molecule has 18 heavy (non-hydrogen) atoms. The third-order valence-electron chi connectivity index (χ3n) is 3.73. The zero-order chi connectivity index (χ0) is 12.9. The Balaban J connectivity index is 1.73. The molecule has 2 atom stereocenters. The van der Waals surface area contributed by atoms with Crippen LogP contribution in [0.15, 0.2) is 12.1 Å². The molecule has 1 aliphatic heterocycles. The first kappa shape index (κ1) is 11.8. The highest BCUT2D eigenvalue weighted by Gasteiger charge is 2.71. The SMILES string of the molecule is COCc1ccc(N2CC3C(C2)C3(F)F)nc1F. The lowest BCUT2D eigenvalue weighted by Gasteiger charge is -2.21. The lowest BCUT2D eigenvalue weighted by Crippen LogP contribution is -2.28. The van der Waals surface area contributed by atoms with E-state index in [2.05, 4.69) is 4.98 Å². The molecule has 3 nitrogen and oxygen atoms in total. The maximum absolute atomic E-state index is 13.6. The first-order chi connectivity index (χ1) is 8.54. The Kier molecular flexibility index (Phi) is 2.52. The van der Waals surface area contributed by atoms with Crippen molar-refractivity contribution in [3.8, 4) is 0 Å². The number of pyridine rings is 1. The topological polar surface area (TPSA) is 25.4 Å². The van der Waals surface area contributed by atoms with Crippen molar-refractivity contribution >= 4 is 5.82 Å². The molecule has 1 saturated carbocycles. The van der Waals surface area contributed by atoms with Crippen molar-refractivity contribution in [3.63, 3.8) is 0 Å². The number of aromatic nitrogens is 1. The van der Waals surface area contributed by atoms with Crippen LogP contribution in [0.3, 0.4) is 0 Å². The Labute approximate surface area is 103 Å². The summed E-state index contributed by atoms with van der Waals surface area (Å²) >= 11 is 0. The van der Waals surface area contributed by atoms with Crippen molar-refractivity contribution in [3.05, 3.63) is 23.6 Å². The van der Waals surface area contributed by atoms with E-state index < -0.39 is 23.7 Å². The van der Waals surface area contributed by atoms with E-state index in [9.17, 15) is 13.2 Å². The van der Waals surface area contributed by atoms with Gasteiger partial charge in [0, 0.05) is 25.8 Å². The molecule has 2 heterocycles. The Morgan fingerprint density at radius 2 is 2.06 bits per heavy atom. The molecule has 0 spiro atoms. The molecular formula is C12H13F3N2O. The molecule has 1 aromatic rings. The quantitative estimate of drug-likeness (QED) is 0.776. The summed E-state index contributed by atoms with van der Waals surface area (Å²) in [5.41, 5.74) is 0.371. The van der Waals surface area contributed by atoms with Gasteiger partial charge >= 0.3 is 0 Å². The number of alkyl halides is 2. The predicted molar refractivity (Wildman–Crippen MR) is 59.0 cm³/mol. The van der Waals surface area contributed by atoms with Gasteiger partial charge in [0.2, 0.25) is 5.95 Å². The molecule has 0 bridgehead atoms. The minimum Gasteiger partial charge on any atom is -0.380 e. The third-order valence-corrected chi connectivity index (χ3v) is 3.73. The summed E-state index contributed by atoms with van der Waals surface area (Å²) in [6.45, 7) is 0.671. The van der Waals surface area contributed by atoms with Gasteiger partial charge in [-0.05, 0) is 12.1 Å². The summed E-state index contributed by atoms with van der Waals surface area (Å²) in [7, 11) is 1.48. The lowest BCUT2D eigenvalue weighted by molar-refractivity contribution is 0.0797. The molecule has 0 amide bonds. The van der Waals surface area contributed by atoms with Crippen molar-refractivity contribution in [2.45, 2.75) is 12.5 Å². The number of rotatable bonds is 3. The number of hydrogen-bond acceptors (Lipinski definition) is 3. The van der Waals surface area contributed by atoms with Crippen LogP contribution in [0.4, 0.5) is 19.0 Å². The number of fused-ring (bicyclic) bond motifs is 1. The van der Waals surface area contributed by atoms with Crippen molar-refractivity contribution in [1.82, 2.24) is 4.98 Å². The molecule has 6 heteroatoms. The van der Waals surface area contributed by atoms with Crippen LogP contribution in [0.2, 0.25) is 0 Å². The molecule has 0 aromatic carbocycles. The Bertz CT molecular complexity index is 466. The number of nitrogens with zero attached hydrogens (tertiary/aromatic N) is 2. The molecule has 2 fully saturated rings. The zero-order valence-corrected chi connectivity index (χ0v) is 9.87. The summed E-state index contributed by atoms with van der Waals surface area (Å²) in [6, 6.07) is 3.24. The van der Waals surface area contributed by atoms with Crippen LogP contribution in [-0.4, -0.2) is 31.1 Å². The van der Waals surface area contributed by atoms with E-state index in [1.807, 2.05) is 0 Å². The molecular weight excluding hydrogens is 245 g/mol. The number of halogens is 3. The van der Waals surface area contributed by atoms with E-state index in [0.717, 1.165) is 0 Å². The van der Waals surface area contributed by atoms with Gasteiger partial charge < -0.3 is 9.64 Å². The number of methoxy groups -OCH3 is 1. The van der Waals surface area contributed by atoms with Gasteiger partial charge in [-0.15, -0.1) is 0 Å². The third kappa shape index (κ3) is 1.67. The summed E-state index contributed by atoms with van der Waals surface area (Å²) in [4.78, 5) is 5.53. The van der Waals surface area contributed by atoms with Gasteiger partial charge in [-0.2, -0.15) is 4.39 Å². The van der Waals surface area contributed by atoms with E-state index >= 15 is 0 Å². The van der Waals surface area contributed by atoms with Crippen LogP contribution < -0.4 is 4.90 Å². The minimum atomic E-state index is -2.52. The van der Waals surface area contributed by atoms with E-state index in [1.165, 1.54) is 7.11 Å². The molecule has 2 unspecified atom stereocenters. The van der Waals surface area contributed by atoms with Crippen molar-refractivity contribution < 1.29 is 17.9 Å². The Morgan fingerprint density at radius 3 is 2.61 bits per heavy atom. The van der Waals surface area contributed by atoms with Crippen LogP contribution in [0, 0.1) is 17.8 Å². The lowest BCUT2D eigenvalue weighted by atomic mass is 10.3. The smallest absolute Gasteiger partial charge is 0.258 e. The summed E-state index contributed by atoms with van der Waals surface area (Å²) in [6.07, 6.45) is 0. The largest absolute Gasteiger partial charge is 0.380 e. The fourth-order valence-corrected chi connectivity index (χ4v) is 2.59. The molecule has 98 valence electrons. The van der Waals surface area contributed by atoms with E-state index in [-0.39, 0.29) is 19.7 Å². The highest BCUT2D eigenvalue weighted by Crippen LogP contribution is 2.59. The predicted octanol–water partition coefficient (Wildman–Crippen LogP) is 2.07. The zero-order valence-electron chi connectivity index (χ0n) is 9.87. The number of piperidine rings is 1. The van der Waals surface area contributed by atoms with Gasteiger partial charge in [-0.1, -0.05) is 0 Å². The summed E-state index contributed by atoms with van der Waals surface area (Å²) < 4.78 is 44.5. The van der Waals surface area contributed by atoms with Crippen LogP contribution in [0.1, 0.15) is 5.56 Å². The van der Waals surface area contributed by atoms with E-state index in [4.69, 9.17) is 4.74 Å². The molecule has 1 aliphatic carbocycles. The second kappa shape index (κ2) is 3.85. The van der Waals surface area contributed by atoms with Gasteiger partial charge in [0.1, 0.15) is 5.82 Å². The maximum atomic E-state index is 13.6. The minimum absolute atomic E-state index is 0.155. The van der Waals surface area contributed by atoms with Crippen LogP contribution in [-0.2, 0) is 11.3 Å². The van der Waals surface area contributed by atoms with Crippen LogP contribution in [0.5, 0.6) is 0 Å². The van der Waals surface area contributed by atoms with Gasteiger partial charge in [0.05, 0.1) is 18.4 Å². The normalized spacial score (nSPS) is 28.3. The molecule has 1 saturated heterocycles. The summed E-state index contributed by atoms with van der Waals surface area (Å²) in [5, 5.41) is 0. The molecule has 2 aliphatic rings. The Hall–Kier alpha value is -1.30. The van der Waals surface area contributed by atoms with Crippen molar-refractivity contribution in [2.24, 2.45) is 11.8 Å². The first-order valence-corrected chi connectivity index (χ1v) is 5.81. The first-order valence-electron chi connectivity index (χ1n) is 5.81.